The third-order valence-corrected chi connectivity index (χ3v) is 3.17. The fourth-order valence-corrected chi connectivity index (χ4v) is 1.87. The van der Waals surface area contributed by atoms with Gasteiger partial charge in [-0.15, -0.1) is 11.6 Å². The van der Waals surface area contributed by atoms with Crippen molar-refractivity contribution in [3.05, 3.63) is 28.8 Å². The lowest BCUT2D eigenvalue weighted by Crippen LogP contribution is -2.13. The molecule has 0 saturated heterocycles. The predicted octanol–water partition coefficient (Wildman–Crippen LogP) is 1.41. The highest BCUT2D eigenvalue weighted by atomic mass is 35.5. The van der Waals surface area contributed by atoms with Crippen molar-refractivity contribution in [2.75, 3.05) is 5.88 Å². The first-order valence-electron chi connectivity index (χ1n) is 3.78. The van der Waals surface area contributed by atoms with E-state index < -0.39 is 15.8 Å². The van der Waals surface area contributed by atoms with E-state index >= 15 is 0 Å². The molecule has 0 fully saturated rings. The smallest absolute Gasteiger partial charge is 0.238 e. The van der Waals surface area contributed by atoms with Crippen LogP contribution < -0.4 is 5.14 Å². The van der Waals surface area contributed by atoms with Gasteiger partial charge in [0.25, 0.3) is 0 Å². The molecule has 1 rings (SSSR count). The number of benzene rings is 1. The largest absolute Gasteiger partial charge is 0.293 e. The molecule has 0 radical (unpaired) electrons. The lowest BCUT2D eigenvalue weighted by molar-refractivity contribution is 0.102. The molecular weight excluding hydrogens is 261 g/mol. The second-order valence-electron chi connectivity index (χ2n) is 2.74. The molecule has 0 amide bonds. The molecule has 0 heterocycles. The third kappa shape index (κ3) is 2.92. The average molecular weight is 268 g/mol. The van der Waals surface area contributed by atoms with Gasteiger partial charge >= 0.3 is 0 Å². The van der Waals surface area contributed by atoms with E-state index in [0.29, 0.717) is 0 Å². The van der Waals surface area contributed by atoms with E-state index in [-0.39, 0.29) is 21.4 Å². The molecule has 0 bridgehead atoms. The van der Waals surface area contributed by atoms with Crippen molar-refractivity contribution in [2.24, 2.45) is 5.14 Å². The first-order valence-corrected chi connectivity index (χ1v) is 6.23. The Balaban J connectivity index is 3.36. The van der Waals surface area contributed by atoms with Crippen LogP contribution in [0.25, 0.3) is 0 Å². The number of nitrogens with two attached hydrogens (primary N) is 1. The van der Waals surface area contributed by atoms with Crippen LogP contribution >= 0.6 is 23.2 Å². The van der Waals surface area contributed by atoms with Crippen LogP contribution in [-0.4, -0.2) is 20.1 Å². The zero-order valence-corrected chi connectivity index (χ0v) is 9.73. The Labute approximate surface area is 97.0 Å². The van der Waals surface area contributed by atoms with E-state index in [2.05, 4.69) is 0 Å². The second-order valence-corrected chi connectivity index (χ2v) is 4.98. The van der Waals surface area contributed by atoms with Crippen molar-refractivity contribution in [1.82, 2.24) is 0 Å². The summed E-state index contributed by atoms with van der Waals surface area (Å²) in [6, 6.07) is 3.63. The van der Waals surface area contributed by atoms with Gasteiger partial charge in [0.1, 0.15) is 0 Å². The van der Waals surface area contributed by atoms with Crippen LogP contribution in [-0.2, 0) is 10.0 Å². The number of rotatable bonds is 3. The normalized spacial score (nSPS) is 11.4. The molecule has 15 heavy (non-hydrogen) atoms. The Morgan fingerprint density at radius 2 is 2.00 bits per heavy atom. The monoisotopic (exact) mass is 267 g/mol. The van der Waals surface area contributed by atoms with Crippen LogP contribution in [0.5, 0.6) is 0 Å². The molecule has 1 aromatic rings. The quantitative estimate of drug-likeness (QED) is 0.665. The van der Waals surface area contributed by atoms with Gasteiger partial charge in [0, 0.05) is 5.56 Å². The molecule has 0 unspecified atom stereocenters. The number of carbonyl (C=O) groups excluding carboxylic acids is 1. The lowest BCUT2D eigenvalue weighted by atomic mass is 10.1. The van der Waals surface area contributed by atoms with Gasteiger partial charge in [0.05, 0.1) is 15.8 Å². The maximum Gasteiger partial charge on any atom is 0.238 e. The third-order valence-electron chi connectivity index (χ3n) is 1.69. The molecule has 0 saturated carbocycles. The van der Waals surface area contributed by atoms with E-state index in [1.807, 2.05) is 0 Å². The summed E-state index contributed by atoms with van der Waals surface area (Å²) in [6.07, 6.45) is 0. The molecule has 0 atom stereocenters. The standard InChI is InChI=1S/C8H7Cl2NO3S/c9-4-8(12)6-3-5(15(11,13)14)1-2-7(6)10/h1-3H,4H2,(H2,11,13,14). The van der Waals surface area contributed by atoms with E-state index in [4.69, 9.17) is 28.3 Å². The fraction of sp³-hybridized carbons (Fsp3) is 0.125. The lowest BCUT2D eigenvalue weighted by Gasteiger charge is -2.03. The number of hydrogen-bond donors (Lipinski definition) is 1. The van der Waals surface area contributed by atoms with Crippen molar-refractivity contribution in [3.63, 3.8) is 0 Å². The summed E-state index contributed by atoms with van der Waals surface area (Å²) in [6.45, 7) is 0. The number of Topliss-reactive ketones (excluding diaryl/α,β-unsaturated/α-hetero) is 1. The summed E-state index contributed by atoms with van der Waals surface area (Å²) in [5.41, 5.74) is 0.0539. The van der Waals surface area contributed by atoms with Crippen LogP contribution in [0.4, 0.5) is 0 Å². The topological polar surface area (TPSA) is 77.2 Å². The Kier molecular flexibility index (Phi) is 3.72. The number of hydrogen-bond acceptors (Lipinski definition) is 3. The molecular formula is C8H7Cl2NO3S. The maximum atomic E-state index is 11.3. The Hall–Kier alpha value is -0.620. The maximum absolute atomic E-state index is 11.3. The number of ketones is 1. The van der Waals surface area contributed by atoms with Gasteiger partial charge < -0.3 is 0 Å². The van der Waals surface area contributed by atoms with Gasteiger partial charge in [-0.2, -0.15) is 0 Å². The van der Waals surface area contributed by atoms with E-state index in [1.165, 1.54) is 12.1 Å². The van der Waals surface area contributed by atoms with E-state index in [9.17, 15) is 13.2 Å². The summed E-state index contributed by atoms with van der Waals surface area (Å²) >= 11 is 11.0. The molecule has 0 spiro atoms. The van der Waals surface area contributed by atoms with Crippen molar-refractivity contribution in [1.29, 1.82) is 0 Å². The van der Waals surface area contributed by atoms with E-state index in [0.717, 1.165) is 6.07 Å². The number of carbonyl (C=O) groups is 1. The van der Waals surface area contributed by atoms with Gasteiger partial charge in [-0.25, -0.2) is 13.6 Å². The molecule has 4 nitrogen and oxygen atoms in total. The van der Waals surface area contributed by atoms with Crippen molar-refractivity contribution in [3.8, 4) is 0 Å². The SMILES string of the molecule is NS(=O)(=O)c1ccc(Cl)c(C(=O)CCl)c1. The number of alkyl halides is 1. The summed E-state index contributed by atoms with van der Waals surface area (Å²) in [7, 11) is -3.84. The van der Waals surface area contributed by atoms with Crippen molar-refractivity contribution in [2.45, 2.75) is 4.90 Å². The minimum atomic E-state index is -3.84. The predicted molar refractivity (Wildman–Crippen MR) is 57.9 cm³/mol. The molecule has 7 heteroatoms. The molecule has 0 aliphatic heterocycles. The highest BCUT2D eigenvalue weighted by Gasteiger charge is 2.14. The Bertz CT molecular complexity index is 499. The first kappa shape index (κ1) is 12.4. The summed E-state index contributed by atoms with van der Waals surface area (Å²) < 4.78 is 22.0. The van der Waals surface area contributed by atoms with Gasteiger partial charge in [0.15, 0.2) is 5.78 Å². The van der Waals surface area contributed by atoms with E-state index in [1.54, 1.807) is 0 Å². The molecule has 0 aliphatic rings. The fourth-order valence-electron chi connectivity index (χ4n) is 0.967. The minimum absolute atomic E-state index is 0.0539. The highest BCUT2D eigenvalue weighted by molar-refractivity contribution is 7.89. The summed E-state index contributed by atoms with van der Waals surface area (Å²) in [5.74, 6) is -0.722. The molecule has 0 aliphatic carbocycles. The first-order chi connectivity index (χ1) is 6.86. The number of sulfonamides is 1. The molecule has 82 valence electrons. The van der Waals surface area contributed by atoms with Crippen molar-refractivity contribution >= 4 is 39.0 Å². The van der Waals surface area contributed by atoms with Gasteiger partial charge in [-0.05, 0) is 18.2 Å². The molecule has 0 aromatic heterocycles. The number of halogens is 2. The van der Waals surface area contributed by atoms with Crippen LogP contribution in [0.15, 0.2) is 23.1 Å². The Morgan fingerprint density at radius 3 is 2.47 bits per heavy atom. The van der Waals surface area contributed by atoms with Crippen LogP contribution in [0, 0.1) is 0 Å². The zero-order valence-electron chi connectivity index (χ0n) is 7.41. The van der Waals surface area contributed by atoms with Gasteiger partial charge in [0.2, 0.25) is 10.0 Å². The zero-order chi connectivity index (χ0) is 11.6. The van der Waals surface area contributed by atoms with Crippen LogP contribution in [0.2, 0.25) is 5.02 Å². The summed E-state index contributed by atoms with van der Waals surface area (Å²) in [5, 5.41) is 5.05. The average Bonchev–Trinajstić information content (AvgIpc) is 2.15. The van der Waals surface area contributed by atoms with Gasteiger partial charge in [-0.3, -0.25) is 4.79 Å². The second kappa shape index (κ2) is 4.49. The number of primary sulfonamides is 1. The Morgan fingerprint density at radius 1 is 1.40 bits per heavy atom. The summed E-state index contributed by atoms with van der Waals surface area (Å²) in [4.78, 5) is 11.1. The molecule has 2 N–H and O–H groups in total. The van der Waals surface area contributed by atoms with Gasteiger partial charge in [-0.1, -0.05) is 11.6 Å². The van der Waals surface area contributed by atoms with Crippen molar-refractivity contribution < 1.29 is 13.2 Å². The van der Waals surface area contributed by atoms with Crippen LogP contribution in [0.3, 0.4) is 0 Å². The molecule has 1 aromatic carbocycles. The highest BCUT2D eigenvalue weighted by Crippen LogP contribution is 2.20. The van der Waals surface area contributed by atoms with Crippen LogP contribution in [0.1, 0.15) is 10.4 Å². The minimum Gasteiger partial charge on any atom is -0.293 e.